The highest BCUT2D eigenvalue weighted by molar-refractivity contribution is 5.43. The summed E-state index contributed by atoms with van der Waals surface area (Å²) < 4.78 is 49.4. The molecule has 2 heterocycles. The molecule has 0 aliphatic rings. The van der Waals surface area contributed by atoms with Gasteiger partial charge in [-0.2, -0.15) is 18.2 Å². The third-order valence-electron chi connectivity index (χ3n) is 1.74. The number of halogens is 4. The summed E-state index contributed by atoms with van der Waals surface area (Å²) >= 11 is 0. The van der Waals surface area contributed by atoms with E-state index in [0.29, 0.717) is 0 Å². The topological polar surface area (TPSA) is 42.2 Å². The second kappa shape index (κ2) is 3.62. The van der Waals surface area contributed by atoms with Gasteiger partial charge in [-0.25, -0.2) is 8.91 Å². The Kier molecular flexibility index (Phi) is 2.41. The van der Waals surface area contributed by atoms with Crippen LogP contribution in [0.15, 0.2) is 18.3 Å². The number of rotatable bonds is 2. The predicted octanol–water partition coefficient (Wildman–Crippen LogP) is 1.84. The average Bonchev–Trinajstić information content (AvgIpc) is 2.55. The van der Waals surface area contributed by atoms with Crippen LogP contribution in [0.3, 0.4) is 0 Å². The third-order valence-corrected chi connectivity index (χ3v) is 1.74. The third kappa shape index (κ3) is 2.38. The Hall–Kier alpha value is -1.86. The fraction of sp³-hybridized carbons (Fsp3) is 0.250. The molecule has 1 N–H and O–H groups in total. The van der Waals surface area contributed by atoms with E-state index in [2.05, 4.69) is 10.1 Å². The maximum atomic E-state index is 12.7. The molecule has 2 aromatic heterocycles. The van der Waals surface area contributed by atoms with Gasteiger partial charge in [0, 0.05) is 0 Å². The van der Waals surface area contributed by atoms with E-state index >= 15 is 0 Å². The van der Waals surface area contributed by atoms with Crippen LogP contribution >= 0.6 is 0 Å². The minimum Gasteiger partial charge on any atom is -0.344 e. The minimum atomic E-state index is -4.34. The lowest BCUT2D eigenvalue weighted by Gasteiger charge is -2.04. The van der Waals surface area contributed by atoms with Gasteiger partial charge in [-0.3, -0.25) is 0 Å². The molecule has 16 heavy (non-hydrogen) atoms. The van der Waals surface area contributed by atoms with Crippen LogP contribution in [0.4, 0.5) is 23.5 Å². The first-order chi connectivity index (χ1) is 7.44. The van der Waals surface area contributed by atoms with Crippen molar-refractivity contribution in [3.05, 3.63) is 24.1 Å². The Labute approximate surface area is 86.9 Å². The molecule has 0 radical (unpaired) electrons. The van der Waals surface area contributed by atoms with E-state index in [0.717, 1.165) is 16.8 Å². The second-order valence-electron chi connectivity index (χ2n) is 3.05. The van der Waals surface area contributed by atoms with Gasteiger partial charge < -0.3 is 5.32 Å². The molecule has 0 unspecified atom stereocenters. The van der Waals surface area contributed by atoms with Crippen LogP contribution in [-0.4, -0.2) is 27.3 Å². The fourth-order valence-corrected chi connectivity index (χ4v) is 1.11. The molecule has 0 fully saturated rings. The fourth-order valence-electron chi connectivity index (χ4n) is 1.11. The van der Waals surface area contributed by atoms with E-state index in [9.17, 15) is 17.6 Å². The Morgan fingerprint density at radius 2 is 2.06 bits per heavy atom. The van der Waals surface area contributed by atoms with Crippen LogP contribution in [0.25, 0.3) is 5.65 Å². The summed E-state index contributed by atoms with van der Waals surface area (Å²) in [5.74, 6) is -0.734. The number of anilines is 1. The molecule has 0 saturated heterocycles. The summed E-state index contributed by atoms with van der Waals surface area (Å²) in [6.45, 7) is -1.23. The minimum absolute atomic E-state index is 0.192. The van der Waals surface area contributed by atoms with Gasteiger partial charge in [-0.15, -0.1) is 5.10 Å². The zero-order chi connectivity index (χ0) is 11.8. The highest BCUT2D eigenvalue weighted by Crippen LogP contribution is 2.15. The summed E-state index contributed by atoms with van der Waals surface area (Å²) in [5.41, 5.74) is 0.270. The summed E-state index contributed by atoms with van der Waals surface area (Å²) in [4.78, 5) is 3.73. The van der Waals surface area contributed by atoms with Crippen molar-refractivity contribution in [2.45, 2.75) is 6.18 Å². The lowest BCUT2D eigenvalue weighted by atomic mass is 10.5. The molecule has 0 bridgehead atoms. The van der Waals surface area contributed by atoms with E-state index in [1.165, 1.54) is 6.07 Å². The Balaban J connectivity index is 2.20. The Morgan fingerprint density at radius 1 is 1.31 bits per heavy atom. The first-order valence-electron chi connectivity index (χ1n) is 4.27. The molecule has 0 aliphatic heterocycles. The summed E-state index contributed by atoms with van der Waals surface area (Å²) in [6, 6.07) is 2.47. The number of fused-ring (bicyclic) bond motifs is 1. The molecule has 2 rings (SSSR count). The number of hydrogen-bond acceptors (Lipinski definition) is 3. The van der Waals surface area contributed by atoms with E-state index in [1.807, 2.05) is 5.32 Å². The van der Waals surface area contributed by atoms with Gasteiger partial charge >= 0.3 is 6.18 Å². The van der Waals surface area contributed by atoms with Crippen LogP contribution in [0, 0.1) is 5.82 Å². The highest BCUT2D eigenvalue weighted by atomic mass is 19.4. The zero-order valence-electron chi connectivity index (χ0n) is 7.79. The van der Waals surface area contributed by atoms with Crippen LogP contribution in [0.1, 0.15) is 0 Å². The molecule has 0 aliphatic carbocycles. The molecule has 0 atom stereocenters. The van der Waals surface area contributed by atoms with Crippen LogP contribution in [-0.2, 0) is 0 Å². The normalized spacial score (nSPS) is 12.0. The van der Waals surface area contributed by atoms with Gasteiger partial charge in [0.05, 0.1) is 6.20 Å². The van der Waals surface area contributed by atoms with Crippen LogP contribution in [0.2, 0.25) is 0 Å². The highest BCUT2D eigenvalue weighted by Gasteiger charge is 2.27. The van der Waals surface area contributed by atoms with Crippen molar-refractivity contribution in [3.63, 3.8) is 0 Å². The molecular weight excluding hydrogens is 228 g/mol. The number of hydrogen-bond donors (Lipinski definition) is 1. The first-order valence-corrected chi connectivity index (χ1v) is 4.27. The first kappa shape index (κ1) is 10.7. The molecule has 0 saturated carbocycles. The Bertz CT molecular complexity index is 504. The van der Waals surface area contributed by atoms with Crippen molar-refractivity contribution in [3.8, 4) is 0 Å². The van der Waals surface area contributed by atoms with Gasteiger partial charge in [0.25, 0.3) is 0 Å². The summed E-state index contributed by atoms with van der Waals surface area (Å²) in [7, 11) is 0. The van der Waals surface area contributed by atoms with Crippen molar-refractivity contribution in [1.82, 2.24) is 14.6 Å². The van der Waals surface area contributed by atoms with Crippen molar-refractivity contribution in [2.24, 2.45) is 0 Å². The molecule has 2 aromatic rings. The zero-order valence-corrected chi connectivity index (χ0v) is 7.79. The molecule has 86 valence electrons. The summed E-state index contributed by atoms with van der Waals surface area (Å²) in [6.07, 6.45) is -3.32. The molecule has 0 spiro atoms. The number of nitrogens with zero attached hydrogens (tertiary/aromatic N) is 3. The van der Waals surface area contributed by atoms with Crippen LogP contribution < -0.4 is 5.32 Å². The molecule has 0 aromatic carbocycles. The molecule has 0 amide bonds. The SMILES string of the molecule is Fc1ccc2nc(NCC(F)(F)F)nn2c1. The Morgan fingerprint density at radius 3 is 2.75 bits per heavy atom. The van der Waals surface area contributed by atoms with Gasteiger partial charge in [-0.05, 0) is 12.1 Å². The van der Waals surface area contributed by atoms with Crippen LogP contribution in [0.5, 0.6) is 0 Å². The number of nitrogens with one attached hydrogen (secondary N) is 1. The van der Waals surface area contributed by atoms with E-state index < -0.39 is 18.5 Å². The van der Waals surface area contributed by atoms with Gasteiger partial charge in [0.2, 0.25) is 5.95 Å². The van der Waals surface area contributed by atoms with Crippen molar-refractivity contribution < 1.29 is 17.6 Å². The monoisotopic (exact) mass is 234 g/mol. The molecule has 4 nitrogen and oxygen atoms in total. The molecular formula is C8H6F4N4. The summed E-state index contributed by atoms with van der Waals surface area (Å²) in [5, 5.41) is 5.63. The number of alkyl halides is 3. The lowest BCUT2D eigenvalue weighted by Crippen LogP contribution is -2.21. The maximum Gasteiger partial charge on any atom is 0.405 e. The average molecular weight is 234 g/mol. The largest absolute Gasteiger partial charge is 0.405 e. The van der Waals surface area contributed by atoms with Gasteiger partial charge in [0.1, 0.15) is 12.4 Å². The van der Waals surface area contributed by atoms with Gasteiger partial charge in [0.15, 0.2) is 5.65 Å². The second-order valence-corrected chi connectivity index (χ2v) is 3.05. The number of pyridine rings is 1. The molecule has 8 heteroatoms. The van der Waals surface area contributed by atoms with Crippen molar-refractivity contribution >= 4 is 11.6 Å². The predicted molar refractivity (Wildman–Crippen MR) is 47.5 cm³/mol. The smallest absolute Gasteiger partial charge is 0.344 e. The standard InChI is InChI=1S/C8H6F4N4/c9-5-1-2-6-14-7(15-16(6)3-5)13-4-8(10,11)12/h1-3H,4H2,(H,13,15). The van der Waals surface area contributed by atoms with E-state index in [1.54, 1.807) is 0 Å². The van der Waals surface area contributed by atoms with Crippen molar-refractivity contribution in [2.75, 3.05) is 11.9 Å². The maximum absolute atomic E-state index is 12.7. The van der Waals surface area contributed by atoms with E-state index in [-0.39, 0.29) is 11.6 Å². The van der Waals surface area contributed by atoms with E-state index in [4.69, 9.17) is 0 Å². The number of aromatic nitrogens is 3. The lowest BCUT2D eigenvalue weighted by molar-refractivity contribution is -0.115. The van der Waals surface area contributed by atoms with Gasteiger partial charge in [-0.1, -0.05) is 0 Å². The van der Waals surface area contributed by atoms with Crippen molar-refractivity contribution in [1.29, 1.82) is 0 Å². The quantitative estimate of drug-likeness (QED) is 0.806.